The Kier molecular flexibility index (Phi) is 3.74. The Labute approximate surface area is 82.1 Å². The van der Waals surface area contributed by atoms with Crippen LogP contribution in [0.5, 0.6) is 0 Å². The van der Waals surface area contributed by atoms with Crippen LogP contribution in [0.25, 0.3) is 0 Å². The fraction of sp³-hybridized carbons (Fsp3) is 1.00. The van der Waals surface area contributed by atoms with Crippen LogP contribution in [0.2, 0.25) is 14.4 Å². The molecule has 1 nitrogen and oxygen atoms in total. The molecule has 2 unspecified atom stereocenters. The van der Waals surface area contributed by atoms with Crippen molar-refractivity contribution in [1.29, 1.82) is 0 Å². The Morgan fingerprint density at radius 2 is 2.25 bits per heavy atom. The molecule has 1 saturated carbocycles. The molecule has 0 aromatic heterocycles. The van der Waals surface area contributed by atoms with Gasteiger partial charge in [0.05, 0.1) is 0 Å². The second-order valence-corrected chi connectivity index (χ2v) is 12.5. The van der Waals surface area contributed by atoms with Gasteiger partial charge < -0.3 is 0 Å². The Hall–Kier alpha value is 0.596. The molecule has 0 aromatic rings. The second kappa shape index (κ2) is 4.21. The first-order valence-electron chi connectivity index (χ1n) is 5.31. The van der Waals surface area contributed by atoms with E-state index in [4.69, 9.17) is 5.73 Å². The van der Waals surface area contributed by atoms with Gasteiger partial charge in [0.15, 0.2) is 0 Å². The Balaban J connectivity index is 2.56. The SMILES string of the molecule is CC1CCC[C]1(C)[Ga]([CH3])[CH2]CN. The molecule has 0 amide bonds. The average molecular weight is 226 g/mol. The molecule has 70 valence electrons. The van der Waals surface area contributed by atoms with Crippen molar-refractivity contribution in [2.45, 2.75) is 47.5 Å². The number of hydrogen-bond donors (Lipinski definition) is 1. The molecule has 0 spiro atoms. The third-order valence-electron chi connectivity index (χ3n) is 4.20. The summed E-state index contributed by atoms with van der Waals surface area (Å²) in [6.45, 7) is 5.92. The normalized spacial score (nSPS) is 35.5. The van der Waals surface area contributed by atoms with Crippen molar-refractivity contribution < 1.29 is 0 Å². The van der Waals surface area contributed by atoms with E-state index in [1.54, 1.807) is 0 Å². The van der Waals surface area contributed by atoms with Gasteiger partial charge in [0.2, 0.25) is 0 Å². The fourth-order valence-corrected chi connectivity index (χ4v) is 8.96. The molecule has 0 aromatic carbocycles. The summed E-state index contributed by atoms with van der Waals surface area (Å²) in [5.41, 5.74) is 8.21. The topological polar surface area (TPSA) is 26.0 Å². The summed E-state index contributed by atoms with van der Waals surface area (Å²) in [5.74, 6) is 0.985. The van der Waals surface area contributed by atoms with Gasteiger partial charge in [-0.3, -0.25) is 0 Å². The molecule has 1 aliphatic carbocycles. The third kappa shape index (κ3) is 1.91. The zero-order valence-electron chi connectivity index (χ0n) is 8.77. The van der Waals surface area contributed by atoms with Crippen molar-refractivity contribution >= 4 is 16.2 Å². The van der Waals surface area contributed by atoms with Gasteiger partial charge in [0.25, 0.3) is 0 Å². The van der Waals surface area contributed by atoms with E-state index in [2.05, 4.69) is 19.3 Å². The second-order valence-electron chi connectivity index (χ2n) is 4.78. The molecule has 1 fully saturated rings. The van der Waals surface area contributed by atoms with Crippen LogP contribution >= 0.6 is 0 Å². The van der Waals surface area contributed by atoms with Crippen molar-refractivity contribution in [1.82, 2.24) is 0 Å². The first-order valence-corrected chi connectivity index (χ1v) is 10.7. The van der Waals surface area contributed by atoms with Gasteiger partial charge in [0.1, 0.15) is 0 Å². The maximum atomic E-state index is 5.65. The molecule has 1 rings (SSSR count). The van der Waals surface area contributed by atoms with E-state index in [1.165, 1.54) is 24.2 Å². The number of hydrogen-bond acceptors (Lipinski definition) is 1. The standard InChI is InChI=1S/C7H13.C2H6N.CH3.Ga/c1-6-4-3-5-7(6)2;1-2-3;;/h6H,3-5H2,1-2H3;1-3H2;1H3;. The molecule has 2 heteroatoms. The molecule has 0 radical (unpaired) electrons. The van der Waals surface area contributed by atoms with E-state index in [9.17, 15) is 0 Å². The summed E-state index contributed by atoms with van der Waals surface area (Å²) in [6.07, 6.45) is 4.43. The number of rotatable bonds is 3. The zero-order chi connectivity index (χ0) is 9.19. The predicted molar refractivity (Wildman–Crippen MR) is 56.9 cm³/mol. The van der Waals surface area contributed by atoms with Gasteiger partial charge in [-0.2, -0.15) is 0 Å². The van der Waals surface area contributed by atoms with Crippen LogP contribution in [-0.4, -0.2) is 22.8 Å². The molecule has 0 heterocycles. The van der Waals surface area contributed by atoms with E-state index in [0.29, 0.717) is 0 Å². The van der Waals surface area contributed by atoms with E-state index in [-0.39, 0.29) is 0 Å². The molecule has 0 aliphatic heterocycles. The first kappa shape index (κ1) is 10.7. The van der Waals surface area contributed by atoms with Gasteiger partial charge in [-0.15, -0.1) is 0 Å². The van der Waals surface area contributed by atoms with E-state index >= 15 is 0 Å². The Morgan fingerprint density at radius 1 is 1.58 bits per heavy atom. The Morgan fingerprint density at radius 3 is 2.67 bits per heavy atom. The minimum absolute atomic E-state index is 0.770. The third-order valence-corrected chi connectivity index (χ3v) is 13.2. The average Bonchev–Trinajstić information content (AvgIpc) is 2.34. The van der Waals surface area contributed by atoms with E-state index in [1.807, 2.05) is 0 Å². The van der Waals surface area contributed by atoms with Crippen molar-refractivity contribution in [3.8, 4) is 0 Å². The minimum atomic E-state index is -1.03. The van der Waals surface area contributed by atoms with Crippen molar-refractivity contribution in [2.24, 2.45) is 11.7 Å². The van der Waals surface area contributed by atoms with E-state index in [0.717, 1.165) is 16.4 Å². The van der Waals surface area contributed by atoms with Crippen molar-refractivity contribution in [3.05, 3.63) is 0 Å². The summed E-state index contributed by atoms with van der Waals surface area (Å²) in [6, 6.07) is 0. The molecular weight excluding hydrogens is 204 g/mol. The molecule has 0 saturated heterocycles. The molecule has 12 heavy (non-hydrogen) atoms. The first-order chi connectivity index (χ1) is 5.61. The Bertz CT molecular complexity index is 149. The number of nitrogens with two attached hydrogens (primary N) is 1. The summed E-state index contributed by atoms with van der Waals surface area (Å²) in [7, 11) is 0. The zero-order valence-corrected chi connectivity index (χ0v) is 11.2. The quantitative estimate of drug-likeness (QED) is 0.735. The molecule has 1 aliphatic rings. The monoisotopic (exact) mass is 225 g/mol. The molecule has 2 N–H and O–H groups in total. The van der Waals surface area contributed by atoms with Crippen LogP contribution in [0.1, 0.15) is 33.1 Å². The molecular formula is C10H22GaN. The van der Waals surface area contributed by atoms with Crippen molar-refractivity contribution in [3.63, 3.8) is 0 Å². The molecule has 2 atom stereocenters. The van der Waals surface area contributed by atoms with E-state index < -0.39 is 16.2 Å². The van der Waals surface area contributed by atoms with Crippen molar-refractivity contribution in [2.75, 3.05) is 6.54 Å². The van der Waals surface area contributed by atoms with Gasteiger partial charge in [-0.05, 0) is 0 Å². The summed E-state index contributed by atoms with van der Waals surface area (Å²) in [4.78, 5) is 1.38. The van der Waals surface area contributed by atoms with Crippen LogP contribution in [0.15, 0.2) is 0 Å². The maximum absolute atomic E-state index is 5.65. The van der Waals surface area contributed by atoms with Gasteiger partial charge in [-0.25, -0.2) is 0 Å². The van der Waals surface area contributed by atoms with Gasteiger partial charge in [0, 0.05) is 0 Å². The van der Waals surface area contributed by atoms with Gasteiger partial charge in [-0.1, -0.05) is 0 Å². The summed E-state index contributed by atoms with van der Waals surface area (Å²) in [5, 5.41) is 0. The van der Waals surface area contributed by atoms with Gasteiger partial charge >= 0.3 is 81.9 Å². The fourth-order valence-electron chi connectivity index (χ4n) is 2.68. The summed E-state index contributed by atoms with van der Waals surface area (Å²) >= 11 is -1.03. The van der Waals surface area contributed by atoms with Crippen LogP contribution in [0.3, 0.4) is 0 Å². The van der Waals surface area contributed by atoms with Crippen LogP contribution in [0.4, 0.5) is 0 Å². The van der Waals surface area contributed by atoms with Crippen LogP contribution < -0.4 is 5.73 Å². The summed E-state index contributed by atoms with van der Waals surface area (Å²) < 4.78 is 0.770. The van der Waals surface area contributed by atoms with Crippen LogP contribution in [0, 0.1) is 5.92 Å². The molecule has 0 bridgehead atoms. The predicted octanol–water partition coefficient (Wildman–Crippen LogP) is 2.65. The van der Waals surface area contributed by atoms with Crippen LogP contribution in [-0.2, 0) is 0 Å².